The van der Waals surface area contributed by atoms with E-state index in [-0.39, 0.29) is 0 Å². The first-order chi connectivity index (χ1) is 6.27. The van der Waals surface area contributed by atoms with Gasteiger partial charge in [0.15, 0.2) is 0 Å². The molecule has 3 heteroatoms. The predicted octanol–water partition coefficient (Wildman–Crippen LogP) is 3.50. The topological polar surface area (TPSA) is 12.0 Å². The van der Waals surface area contributed by atoms with E-state index in [1.54, 1.807) is 0 Å². The zero-order valence-electron chi connectivity index (χ0n) is 7.14. The lowest BCUT2D eigenvalue weighted by Crippen LogP contribution is -2.22. The van der Waals surface area contributed by atoms with Crippen LogP contribution in [0, 0.1) is 0 Å². The molecule has 0 radical (unpaired) electrons. The van der Waals surface area contributed by atoms with E-state index in [2.05, 4.69) is 51.2 Å². The second kappa shape index (κ2) is 2.67. The molecule has 68 valence electrons. The van der Waals surface area contributed by atoms with Gasteiger partial charge in [-0.1, -0.05) is 15.9 Å². The number of fused-ring (bicyclic) bond motifs is 1. The molecule has 0 saturated heterocycles. The Morgan fingerprint density at radius 2 is 2.23 bits per heavy atom. The van der Waals surface area contributed by atoms with Crippen molar-refractivity contribution in [2.24, 2.45) is 0 Å². The van der Waals surface area contributed by atoms with Crippen LogP contribution >= 0.6 is 27.7 Å². The van der Waals surface area contributed by atoms with Gasteiger partial charge in [0.1, 0.15) is 0 Å². The van der Waals surface area contributed by atoms with Crippen molar-refractivity contribution in [3.8, 4) is 0 Å². The molecule has 0 unspecified atom stereocenters. The van der Waals surface area contributed by atoms with Crippen molar-refractivity contribution < 1.29 is 0 Å². The minimum Gasteiger partial charge on any atom is -0.383 e. The highest BCUT2D eigenvalue weighted by Crippen LogP contribution is 2.55. The molecule has 1 spiro atoms. The number of halogens is 1. The average Bonchev–Trinajstić information content (AvgIpc) is 2.87. The maximum absolute atomic E-state index is 3.51. The molecule has 0 bridgehead atoms. The molecule has 1 saturated carbocycles. The Kier molecular flexibility index (Phi) is 1.68. The molecule has 1 aromatic carbocycles. The summed E-state index contributed by atoms with van der Waals surface area (Å²) in [6.07, 6.45) is 2.75. The first-order valence-electron chi connectivity index (χ1n) is 4.50. The molecule has 1 nitrogen and oxygen atoms in total. The van der Waals surface area contributed by atoms with Gasteiger partial charge >= 0.3 is 0 Å². The predicted molar refractivity (Wildman–Crippen MR) is 60.5 cm³/mol. The van der Waals surface area contributed by atoms with Crippen LogP contribution in [0.15, 0.2) is 27.6 Å². The molecule has 3 rings (SSSR count). The third-order valence-electron chi connectivity index (χ3n) is 2.68. The lowest BCUT2D eigenvalue weighted by atomic mass is 10.3. The van der Waals surface area contributed by atoms with Crippen molar-refractivity contribution in [1.29, 1.82) is 0 Å². The molecule has 1 fully saturated rings. The van der Waals surface area contributed by atoms with Crippen molar-refractivity contribution in [3.63, 3.8) is 0 Å². The quantitative estimate of drug-likeness (QED) is 0.762. The van der Waals surface area contributed by atoms with Gasteiger partial charge in [0.05, 0.1) is 0 Å². The summed E-state index contributed by atoms with van der Waals surface area (Å²) in [7, 11) is 0. The number of hydrogen-bond donors (Lipinski definition) is 1. The fourth-order valence-corrected chi connectivity index (χ4v) is 3.33. The van der Waals surface area contributed by atoms with E-state index in [4.69, 9.17) is 0 Å². The summed E-state index contributed by atoms with van der Waals surface area (Å²) in [6.45, 7) is 1.14. The van der Waals surface area contributed by atoms with Crippen LogP contribution in [0.4, 0.5) is 5.69 Å². The third-order valence-corrected chi connectivity index (χ3v) is 4.73. The van der Waals surface area contributed by atoms with Gasteiger partial charge in [-0.25, -0.2) is 0 Å². The Balaban J connectivity index is 2.00. The summed E-state index contributed by atoms with van der Waals surface area (Å²) in [5.74, 6) is 0. The first kappa shape index (κ1) is 8.18. The lowest BCUT2D eigenvalue weighted by molar-refractivity contribution is 0.923. The van der Waals surface area contributed by atoms with E-state index in [0.29, 0.717) is 4.75 Å². The van der Waals surface area contributed by atoms with Crippen molar-refractivity contribution in [2.45, 2.75) is 22.5 Å². The SMILES string of the molecule is Brc1ccc2c(c1)NCC1(CC1)S2. The second-order valence-corrected chi connectivity index (χ2v) is 6.20. The second-order valence-electron chi connectivity index (χ2n) is 3.78. The third kappa shape index (κ3) is 1.38. The number of anilines is 1. The average molecular weight is 256 g/mol. The molecule has 13 heavy (non-hydrogen) atoms. The van der Waals surface area contributed by atoms with Crippen LogP contribution in [-0.4, -0.2) is 11.3 Å². The van der Waals surface area contributed by atoms with E-state index >= 15 is 0 Å². The molecular weight excluding hydrogens is 246 g/mol. The smallest absolute Gasteiger partial charge is 0.0490 e. The van der Waals surface area contributed by atoms with Crippen molar-refractivity contribution in [2.75, 3.05) is 11.9 Å². The van der Waals surface area contributed by atoms with Crippen LogP contribution in [0.3, 0.4) is 0 Å². The zero-order chi connectivity index (χ0) is 8.89. The monoisotopic (exact) mass is 255 g/mol. The van der Waals surface area contributed by atoms with Gasteiger partial charge in [-0.15, -0.1) is 11.8 Å². The first-order valence-corrected chi connectivity index (χ1v) is 6.11. The van der Waals surface area contributed by atoms with Gasteiger partial charge in [-0.3, -0.25) is 0 Å². The fourth-order valence-electron chi connectivity index (χ4n) is 1.67. The number of hydrogen-bond acceptors (Lipinski definition) is 2. The Morgan fingerprint density at radius 1 is 1.38 bits per heavy atom. The van der Waals surface area contributed by atoms with Crippen LogP contribution in [0.5, 0.6) is 0 Å². The molecule has 1 N–H and O–H groups in total. The summed E-state index contributed by atoms with van der Waals surface area (Å²) < 4.78 is 1.71. The van der Waals surface area contributed by atoms with Crippen LogP contribution in [0.25, 0.3) is 0 Å². The number of nitrogens with one attached hydrogen (secondary N) is 1. The van der Waals surface area contributed by atoms with E-state index in [9.17, 15) is 0 Å². The number of benzene rings is 1. The Morgan fingerprint density at radius 3 is 3.00 bits per heavy atom. The molecule has 1 aliphatic heterocycles. The fraction of sp³-hybridized carbons (Fsp3) is 0.400. The number of rotatable bonds is 0. The summed E-state index contributed by atoms with van der Waals surface area (Å²) in [6, 6.07) is 6.49. The standard InChI is InChI=1S/C10H10BrNS/c11-7-1-2-9-8(5-7)12-6-10(13-9)3-4-10/h1-2,5,12H,3-4,6H2. The van der Waals surface area contributed by atoms with Crippen LogP contribution in [0.2, 0.25) is 0 Å². The van der Waals surface area contributed by atoms with Gasteiger partial charge in [-0.05, 0) is 31.0 Å². The minimum absolute atomic E-state index is 0.556. The normalized spacial score (nSPS) is 22.2. The van der Waals surface area contributed by atoms with Gasteiger partial charge in [0, 0.05) is 26.3 Å². The molecule has 1 aliphatic carbocycles. The lowest BCUT2D eigenvalue weighted by Gasteiger charge is -2.25. The van der Waals surface area contributed by atoms with Crippen LogP contribution in [0.1, 0.15) is 12.8 Å². The van der Waals surface area contributed by atoms with Crippen LogP contribution < -0.4 is 5.32 Å². The van der Waals surface area contributed by atoms with Crippen molar-refractivity contribution in [3.05, 3.63) is 22.7 Å². The molecular formula is C10H10BrNS. The van der Waals surface area contributed by atoms with Crippen molar-refractivity contribution in [1.82, 2.24) is 0 Å². The highest BCUT2D eigenvalue weighted by atomic mass is 79.9. The molecule has 0 aromatic heterocycles. The van der Waals surface area contributed by atoms with E-state index in [0.717, 1.165) is 11.0 Å². The van der Waals surface area contributed by atoms with E-state index < -0.39 is 0 Å². The Labute approximate surface area is 90.4 Å². The van der Waals surface area contributed by atoms with E-state index in [1.165, 1.54) is 23.4 Å². The summed E-state index contributed by atoms with van der Waals surface area (Å²) in [5, 5.41) is 3.51. The zero-order valence-corrected chi connectivity index (χ0v) is 9.54. The molecule has 0 atom stereocenters. The van der Waals surface area contributed by atoms with E-state index in [1.807, 2.05) is 0 Å². The van der Waals surface area contributed by atoms with Gasteiger partial charge in [-0.2, -0.15) is 0 Å². The van der Waals surface area contributed by atoms with Crippen molar-refractivity contribution >= 4 is 33.4 Å². The van der Waals surface area contributed by atoms with Crippen LogP contribution in [-0.2, 0) is 0 Å². The summed E-state index contributed by atoms with van der Waals surface area (Å²) in [5.41, 5.74) is 1.29. The minimum atomic E-state index is 0.556. The van der Waals surface area contributed by atoms with Gasteiger partial charge < -0.3 is 5.32 Å². The summed E-state index contributed by atoms with van der Waals surface area (Å²) >= 11 is 5.54. The number of thioether (sulfide) groups is 1. The molecule has 0 amide bonds. The highest BCUT2D eigenvalue weighted by Gasteiger charge is 2.45. The summed E-state index contributed by atoms with van der Waals surface area (Å²) in [4.78, 5) is 1.41. The molecule has 1 aromatic rings. The maximum Gasteiger partial charge on any atom is 0.0490 e. The largest absolute Gasteiger partial charge is 0.383 e. The maximum atomic E-state index is 3.51. The molecule has 1 heterocycles. The van der Waals surface area contributed by atoms with Gasteiger partial charge in [0.2, 0.25) is 0 Å². The highest BCUT2D eigenvalue weighted by molar-refractivity contribution is 9.10. The Bertz CT molecular complexity index is 360. The Hall–Kier alpha value is -0.150. The van der Waals surface area contributed by atoms with Gasteiger partial charge in [0.25, 0.3) is 0 Å². The molecule has 2 aliphatic rings.